The lowest BCUT2D eigenvalue weighted by molar-refractivity contribution is -0.130. The Morgan fingerprint density at radius 3 is 2.94 bits per heavy atom. The van der Waals surface area contributed by atoms with E-state index >= 15 is 0 Å². The van der Waals surface area contributed by atoms with Crippen molar-refractivity contribution in [2.24, 2.45) is 0 Å². The van der Waals surface area contributed by atoms with E-state index in [0.29, 0.717) is 26.1 Å². The molecule has 1 aromatic heterocycles. The summed E-state index contributed by atoms with van der Waals surface area (Å²) in [5.41, 5.74) is 0. The van der Waals surface area contributed by atoms with Gasteiger partial charge in [-0.05, 0) is 34.5 Å². The molecule has 1 aromatic rings. The van der Waals surface area contributed by atoms with Crippen LogP contribution in [0.1, 0.15) is 22.5 Å². The molecule has 6 heteroatoms. The van der Waals surface area contributed by atoms with Gasteiger partial charge < -0.3 is 9.80 Å². The minimum absolute atomic E-state index is 0.0877. The molecule has 4 nitrogen and oxygen atoms in total. The summed E-state index contributed by atoms with van der Waals surface area (Å²) in [7, 11) is 0. The molecular weight excluding hydrogens is 316 g/mol. The quantitative estimate of drug-likeness (QED) is 0.790. The van der Waals surface area contributed by atoms with Crippen molar-refractivity contribution in [1.82, 2.24) is 9.80 Å². The van der Waals surface area contributed by atoms with Gasteiger partial charge in [0.1, 0.15) is 0 Å². The van der Waals surface area contributed by atoms with Crippen LogP contribution in [0.2, 0.25) is 0 Å². The number of hydrogen-bond acceptors (Lipinski definition) is 3. The average Bonchev–Trinajstić information content (AvgIpc) is 2.95. The molecule has 1 atom stereocenters. The fraction of sp³-hybridized carbons (Fsp3) is 0.500. The minimum atomic E-state index is 0.0877. The van der Waals surface area contributed by atoms with Crippen LogP contribution in [0.15, 0.2) is 15.9 Å². The first-order valence-corrected chi connectivity index (χ1v) is 7.60. The maximum Gasteiger partial charge on any atom is 0.264 e. The highest BCUT2D eigenvalue weighted by molar-refractivity contribution is 9.11. The number of fused-ring (bicyclic) bond motifs is 1. The van der Waals surface area contributed by atoms with Gasteiger partial charge in [0.15, 0.2) is 0 Å². The number of halogens is 1. The van der Waals surface area contributed by atoms with Gasteiger partial charge in [0.05, 0.1) is 8.66 Å². The van der Waals surface area contributed by atoms with Crippen LogP contribution in [-0.4, -0.2) is 47.3 Å². The smallest absolute Gasteiger partial charge is 0.264 e. The fourth-order valence-electron chi connectivity index (χ4n) is 2.63. The number of rotatable bonds is 1. The molecule has 0 N–H and O–H groups in total. The van der Waals surface area contributed by atoms with Crippen LogP contribution in [0.4, 0.5) is 0 Å². The highest BCUT2D eigenvalue weighted by atomic mass is 79.9. The van der Waals surface area contributed by atoms with Crippen molar-refractivity contribution < 1.29 is 9.59 Å². The Morgan fingerprint density at radius 1 is 1.39 bits per heavy atom. The number of carbonyl (C=O) groups excluding carboxylic acids is 2. The van der Waals surface area contributed by atoms with Crippen molar-refractivity contribution in [2.45, 2.75) is 18.9 Å². The summed E-state index contributed by atoms with van der Waals surface area (Å²) in [6.45, 7) is 2.01. The van der Waals surface area contributed by atoms with Crippen LogP contribution in [-0.2, 0) is 4.79 Å². The normalized spacial score (nSPS) is 23.4. The second-order valence-electron chi connectivity index (χ2n) is 4.63. The van der Waals surface area contributed by atoms with E-state index in [2.05, 4.69) is 15.9 Å². The van der Waals surface area contributed by atoms with Crippen LogP contribution < -0.4 is 0 Å². The summed E-state index contributed by atoms with van der Waals surface area (Å²) in [5.74, 6) is 0.329. The Kier molecular flexibility index (Phi) is 3.15. The summed E-state index contributed by atoms with van der Waals surface area (Å²) in [4.78, 5) is 28.4. The molecule has 3 heterocycles. The van der Waals surface area contributed by atoms with E-state index in [0.717, 1.165) is 15.1 Å². The number of nitrogens with zero attached hydrogens (tertiary/aromatic N) is 2. The van der Waals surface area contributed by atoms with Crippen LogP contribution in [0.3, 0.4) is 0 Å². The van der Waals surface area contributed by atoms with E-state index in [1.165, 1.54) is 11.3 Å². The second kappa shape index (κ2) is 4.66. The third kappa shape index (κ3) is 2.07. The molecule has 96 valence electrons. The Labute approximate surface area is 118 Å². The SMILES string of the molecule is O=C(c1ccc(Br)s1)N1CCN2C(=O)CCC2C1. The van der Waals surface area contributed by atoms with E-state index in [1.807, 2.05) is 21.9 Å². The van der Waals surface area contributed by atoms with Crippen LogP contribution in [0.25, 0.3) is 0 Å². The van der Waals surface area contributed by atoms with Gasteiger partial charge in [0.2, 0.25) is 5.91 Å². The van der Waals surface area contributed by atoms with Crippen LogP contribution in [0, 0.1) is 0 Å². The standard InChI is InChI=1S/C12H13BrN2O2S/c13-10-3-2-9(18-10)12(17)14-5-6-15-8(7-14)1-4-11(15)16/h2-3,8H,1,4-7H2. The molecule has 1 unspecified atom stereocenters. The Bertz CT molecular complexity index is 502. The van der Waals surface area contributed by atoms with Gasteiger partial charge in [0, 0.05) is 32.1 Å². The second-order valence-corrected chi connectivity index (χ2v) is 7.10. The lowest BCUT2D eigenvalue weighted by Gasteiger charge is -2.37. The average molecular weight is 329 g/mol. The van der Waals surface area contributed by atoms with Gasteiger partial charge in [-0.1, -0.05) is 0 Å². The van der Waals surface area contributed by atoms with E-state index < -0.39 is 0 Å². The minimum Gasteiger partial charge on any atom is -0.336 e. The number of piperazine rings is 1. The number of amides is 2. The Balaban J connectivity index is 1.71. The topological polar surface area (TPSA) is 40.6 Å². The molecule has 0 saturated carbocycles. The third-order valence-electron chi connectivity index (χ3n) is 3.57. The molecule has 0 radical (unpaired) electrons. The zero-order valence-electron chi connectivity index (χ0n) is 9.76. The number of hydrogen-bond donors (Lipinski definition) is 0. The maximum atomic E-state index is 12.3. The molecular formula is C12H13BrN2O2S. The van der Waals surface area contributed by atoms with E-state index in [4.69, 9.17) is 0 Å². The van der Waals surface area contributed by atoms with Crippen molar-refractivity contribution in [3.8, 4) is 0 Å². The van der Waals surface area contributed by atoms with Crippen molar-refractivity contribution in [1.29, 1.82) is 0 Å². The summed E-state index contributed by atoms with van der Waals surface area (Å²) < 4.78 is 0.973. The predicted molar refractivity (Wildman–Crippen MR) is 72.7 cm³/mol. The van der Waals surface area contributed by atoms with Crippen molar-refractivity contribution in [3.63, 3.8) is 0 Å². The molecule has 0 spiro atoms. The fourth-order valence-corrected chi connectivity index (χ4v) is 3.99. The molecule has 0 aromatic carbocycles. The molecule has 2 fully saturated rings. The largest absolute Gasteiger partial charge is 0.336 e. The van der Waals surface area contributed by atoms with Gasteiger partial charge >= 0.3 is 0 Å². The van der Waals surface area contributed by atoms with Crippen molar-refractivity contribution in [3.05, 3.63) is 20.8 Å². The molecule has 0 aliphatic carbocycles. The third-order valence-corrected chi connectivity index (χ3v) is 5.18. The van der Waals surface area contributed by atoms with Crippen LogP contribution in [0.5, 0.6) is 0 Å². The van der Waals surface area contributed by atoms with E-state index in [1.54, 1.807) is 0 Å². The highest BCUT2D eigenvalue weighted by Gasteiger charge is 2.37. The zero-order valence-corrected chi connectivity index (χ0v) is 12.2. The van der Waals surface area contributed by atoms with E-state index in [-0.39, 0.29) is 17.9 Å². The number of carbonyl (C=O) groups is 2. The van der Waals surface area contributed by atoms with Crippen molar-refractivity contribution >= 4 is 39.1 Å². The van der Waals surface area contributed by atoms with Gasteiger partial charge in [-0.3, -0.25) is 9.59 Å². The highest BCUT2D eigenvalue weighted by Crippen LogP contribution is 2.27. The molecule has 3 rings (SSSR count). The number of thiophene rings is 1. The van der Waals surface area contributed by atoms with Crippen molar-refractivity contribution in [2.75, 3.05) is 19.6 Å². The molecule has 2 aliphatic heterocycles. The van der Waals surface area contributed by atoms with Gasteiger partial charge in [0.25, 0.3) is 5.91 Å². The molecule has 2 amide bonds. The Hall–Kier alpha value is -0.880. The summed E-state index contributed by atoms with van der Waals surface area (Å²) in [6, 6.07) is 3.98. The molecule has 18 heavy (non-hydrogen) atoms. The monoisotopic (exact) mass is 328 g/mol. The zero-order chi connectivity index (χ0) is 12.7. The molecule has 0 bridgehead atoms. The molecule has 2 aliphatic rings. The maximum absolute atomic E-state index is 12.3. The van der Waals surface area contributed by atoms with E-state index in [9.17, 15) is 9.59 Å². The summed E-state index contributed by atoms with van der Waals surface area (Å²) in [5, 5.41) is 0. The lowest BCUT2D eigenvalue weighted by Crippen LogP contribution is -2.53. The summed E-state index contributed by atoms with van der Waals surface area (Å²) >= 11 is 4.83. The van der Waals surface area contributed by atoms with Gasteiger partial charge in [-0.2, -0.15) is 0 Å². The first-order chi connectivity index (χ1) is 8.65. The van der Waals surface area contributed by atoms with Gasteiger partial charge in [-0.15, -0.1) is 11.3 Å². The first kappa shape index (κ1) is 12.2. The predicted octanol–water partition coefficient (Wildman–Crippen LogP) is 1.96. The summed E-state index contributed by atoms with van der Waals surface area (Å²) in [6.07, 6.45) is 1.52. The Morgan fingerprint density at radius 2 is 2.22 bits per heavy atom. The molecule has 2 saturated heterocycles. The van der Waals surface area contributed by atoms with Gasteiger partial charge in [-0.25, -0.2) is 0 Å². The van der Waals surface area contributed by atoms with Crippen LogP contribution >= 0.6 is 27.3 Å². The first-order valence-electron chi connectivity index (χ1n) is 5.99. The lowest BCUT2D eigenvalue weighted by atomic mass is 10.1.